The van der Waals surface area contributed by atoms with Crippen molar-refractivity contribution < 1.29 is 14.4 Å². The van der Waals surface area contributed by atoms with Crippen molar-refractivity contribution in [2.24, 2.45) is 5.73 Å². The van der Waals surface area contributed by atoms with Gasteiger partial charge in [0.1, 0.15) is 6.33 Å². The molecule has 1 aromatic heterocycles. The quantitative estimate of drug-likeness (QED) is 0.399. The van der Waals surface area contributed by atoms with E-state index >= 15 is 0 Å². The Balaban J connectivity index is 1.51. The smallest absolute Gasteiger partial charge is 0.251 e. The van der Waals surface area contributed by atoms with Crippen LogP contribution in [0.15, 0.2) is 60.0 Å². The van der Waals surface area contributed by atoms with Gasteiger partial charge in [-0.15, -0.1) is 10.2 Å². The van der Waals surface area contributed by atoms with Gasteiger partial charge in [0.2, 0.25) is 11.8 Å². The fraction of sp³-hybridized carbons (Fsp3) is 0.227. The van der Waals surface area contributed by atoms with Gasteiger partial charge in [0.15, 0.2) is 5.16 Å². The predicted octanol–water partition coefficient (Wildman–Crippen LogP) is 1.45. The molecule has 0 aliphatic heterocycles. The van der Waals surface area contributed by atoms with E-state index in [2.05, 4.69) is 33.8 Å². The highest BCUT2D eigenvalue weighted by atomic mass is 32.2. The minimum absolute atomic E-state index is 0.142. The molecule has 32 heavy (non-hydrogen) atoms. The van der Waals surface area contributed by atoms with Gasteiger partial charge in [0.25, 0.3) is 5.91 Å². The highest BCUT2D eigenvalue weighted by molar-refractivity contribution is 7.99. The van der Waals surface area contributed by atoms with E-state index in [1.807, 2.05) is 22.8 Å². The molecule has 4 N–H and O–H groups in total. The lowest BCUT2D eigenvalue weighted by Crippen LogP contribution is -2.33. The Bertz CT molecular complexity index is 1100. The van der Waals surface area contributed by atoms with Crippen LogP contribution in [0.1, 0.15) is 28.4 Å². The number of nitrogens with two attached hydrogens (primary N) is 1. The summed E-state index contributed by atoms with van der Waals surface area (Å²) in [7, 11) is 0. The number of nitrogens with zero attached hydrogens (tertiary/aromatic N) is 3. The fourth-order valence-electron chi connectivity index (χ4n) is 2.96. The number of thioether (sulfide) groups is 1. The van der Waals surface area contributed by atoms with Gasteiger partial charge in [-0.05, 0) is 35.7 Å². The lowest BCUT2D eigenvalue weighted by molar-refractivity contribution is -0.119. The van der Waals surface area contributed by atoms with Gasteiger partial charge in [-0.25, -0.2) is 0 Å². The molecule has 0 saturated heterocycles. The van der Waals surface area contributed by atoms with Crippen LogP contribution >= 0.6 is 11.8 Å². The van der Waals surface area contributed by atoms with Gasteiger partial charge in [0.05, 0.1) is 18.0 Å². The van der Waals surface area contributed by atoms with E-state index in [0.29, 0.717) is 17.3 Å². The third kappa shape index (κ3) is 6.17. The van der Waals surface area contributed by atoms with Crippen molar-refractivity contribution in [1.29, 1.82) is 0 Å². The Hall–Kier alpha value is -3.66. The Morgan fingerprint density at radius 3 is 2.53 bits per heavy atom. The Morgan fingerprint density at radius 1 is 1.06 bits per heavy atom. The SMILES string of the molecule is CCc1ccccc1-n1cnnc1SCC(=O)NCc1ccc(C(=O)NCC(N)=O)cc1. The highest BCUT2D eigenvalue weighted by Crippen LogP contribution is 2.22. The van der Waals surface area contributed by atoms with Crippen molar-refractivity contribution in [3.63, 3.8) is 0 Å². The first-order chi connectivity index (χ1) is 15.5. The monoisotopic (exact) mass is 452 g/mol. The number of rotatable bonds is 10. The zero-order valence-corrected chi connectivity index (χ0v) is 18.4. The van der Waals surface area contributed by atoms with Crippen LogP contribution in [0, 0.1) is 0 Å². The molecule has 1 heterocycles. The van der Waals surface area contributed by atoms with Crippen molar-refractivity contribution >= 4 is 29.5 Å². The number of para-hydroxylation sites is 1. The molecule has 3 aromatic rings. The number of hydrogen-bond acceptors (Lipinski definition) is 6. The zero-order valence-electron chi connectivity index (χ0n) is 17.6. The van der Waals surface area contributed by atoms with Gasteiger partial charge >= 0.3 is 0 Å². The van der Waals surface area contributed by atoms with Crippen LogP contribution in [0.4, 0.5) is 0 Å². The van der Waals surface area contributed by atoms with Gasteiger partial charge in [-0.2, -0.15) is 0 Å². The van der Waals surface area contributed by atoms with E-state index in [9.17, 15) is 14.4 Å². The summed E-state index contributed by atoms with van der Waals surface area (Å²) in [5.74, 6) is -0.940. The molecule has 166 valence electrons. The predicted molar refractivity (Wildman–Crippen MR) is 121 cm³/mol. The first-order valence-electron chi connectivity index (χ1n) is 10.0. The summed E-state index contributed by atoms with van der Waals surface area (Å²) in [4.78, 5) is 34.9. The molecule has 0 bridgehead atoms. The molecule has 0 unspecified atom stereocenters. The minimum atomic E-state index is -0.608. The normalized spacial score (nSPS) is 10.5. The molecular formula is C22H24N6O3S. The van der Waals surface area contributed by atoms with Crippen LogP contribution in [-0.4, -0.2) is 44.8 Å². The van der Waals surface area contributed by atoms with E-state index < -0.39 is 5.91 Å². The zero-order chi connectivity index (χ0) is 22.9. The van der Waals surface area contributed by atoms with Gasteiger partial charge < -0.3 is 16.4 Å². The molecule has 3 amide bonds. The Kier molecular flexibility index (Phi) is 7.98. The van der Waals surface area contributed by atoms with Crippen LogP contribution in [0.2, 0.25) is 0 Å². The molecule has 0 aliphatic carbocycles. The number of amides is 3. The van der Waals surface area contributed by atoms with Gasteiger partial charge in [-0.1, -0.05) is 49.0 Å². The second-order valence-electron chi connectivity index (χ2n) is 6.88. The highest BCUT2D eigenvalue weighted by Gasteiger charge is 2.12. The molecule has 10 heteroatoms. The van der Waals surface area contributed by atoms with Crippen molar-refractivity contribution in [1.82, 2.24) is 25.4 Å². The lowest BCUT2D eigenvalue weighted by Gasteiger charge is -2.10. The average molecular weight is 453 g/mol. The van der Waals surface area contributed by atoms with Crippen molar-refractivity contribution in [2.75, 3.05) is 12.3 Å². The summed E-state index contributed by atoms with van der Waals surface area (Å²) in [6.45, 7) is 2.20. The molecule has 0 fully saturated rings. The second-order valence-corrected chi connectivity index (χ2v) is 7.82. The van der Waals surface area contributed by atoms with Crippen LogP contribution in [0.3, 0.4) is 0 Å². The number of primary amides is 1. The summed E-state index contributed by atoms with van der Waals surface area (Å²) in [6.07, 6.45) is 2.53. The maximum atomic E-state index is 12.3. The van der Waals surface area contributed by atoms with Crippen LogP contribution in [-0.2, 0) is 22.6 Å². The molecule has 0 atom stereocenters. The first kappa shape index (κ1) is 23.0. The third-order valence-corrected chi connectivity index (χ3v) is 5.55. The molecule has 0 radical (unpaired) electrons. The summed E-state index contributed by atoms with van der Waals surface area (Å²) in [5, 5.41) is 14.1. The van der Waals surface area contributed by atoms with Gasteiger partial charge in [0, 0.05) is 12.1 Å². The molecule has 0 spiro atoms. The number of carbonyl (C=O) groups excluding carboxylic acids is 3. The number of benzene rings is 2. The standard InChI is InChI=1S/C22H24N6O3S/c1-2-16-5-3-4-6-18(16)28-14-26-27-22(28)32-13-20(30)24-11-15-7-9-17(10-8-15)21(31)25-12-19(23)29/h3-10,14H,2,11-13H2,1H3,(H2,23,29)(H,24,30)(H,25,31). The number of hydrogen-bond donors (Lipinski definition) is 3. The Labute approximate surface area is 189 Å². The number of aromatic nitrogens is 3. The summed E-state index contributed by atoms with van der Waals surface area (Å²) < 4.78 is 1.89. The van der Waals surface area contributed by atoms with E-state index in [1.54, 1.807) is 30.6 Å². The molecule has 0 saturated carbocycles. The first-order valence-corrected chi connectivity index (χ1v) is 11.0. The summed E-state index contributed by atoms with van der Waals surface area (Å²) in [6, 6.07) is 14.7. The van der Waals surface area contributed by atoms with Crippen molar-refractivity contribution in [3.8, 4) is 5.69 Å². The fourth-order valence-corrected chi connectivity index (χ4v) is 3.71. The lowest BCUT2D eigenvalue weighted by atomic mass is 10.1. The van der Waals surface area contributed by atoms with Crippen molar-refractivity contribution in [2.45, 2.75) is 25.0 Å². The van der Waals surface area contributed by atoms with E-state index in [1.165, 1.54) is 17.3 Å². The Morgan fingerprint density at radius 2 is 1.81 bits per heavy atom. The second kappa shape index (κ2) is 11.1. The van der Waals surface area contributed by atoms with E-state index in [4.69, 9.17) is 5.73 Å². The van der Waals surface area contributed by atoms with Gasteiger partial charge in [-0.3, -0.25) is 19.0 Å². The topological polar surface area (TPSA) is 132 Å². The summed E-state index contributed by atoms with van der Waals surface area (Å²) >= 11 is 1.31. The third-order valence-electron chi connectivity index (χ3n) is 4.61. The van der Waals surface area contributed by atoms with E-state index in [0.717, 1.165) is 17.7 Å². The molecule has 0 aliphatic rings. The maximum Gasteiger partial charge on any atom is 0.251 e. The molecule has 2 aromatic carbocycles. The molecular weight excluding hydrogens is 428 g/mol. The summed E-state index contributed by atoms with van der Waals surface area (Å²) in [5.41, 5.74) is 8.44. The van der Waals surface area contributed by atoms with Crippen LogP contribution in [0.25, 0.3) is 5.69 Å². The number of nitrogens with one attached hydrogen (secondary N) is 2. The van der Waals surface area contributed by atoms with Crippen molar-refractivity contribution in [3.05, 3.63) is 71.5 Å². The van der Waals surface area contributed by atoms with Crippen LogP contribution in [0.5, 0.6) is 0 Å². The molecule has 9 nitrogen and oxygen atoms in total. The largest absolute Gasteiger partial charge is 0.368 e. The van der Waals surface area contributed by atoms with E-state index in [-0.39, 0.29) is 24.1 Å². The minimum Gasteiger partial charge on any atom is -0.368 e. The number of aryl methyl sites for hydroxylation is 1. The molecule has 3 rings (SSSR count). The maximum absolute atomic E-state index is 12.3. The van der Waals surface area contributed by atoms with Crippen LogP contribution < -0.4 is 16.4 Å². The number of carbonyl (C=O) groups is 3. The average Bonchev–Trinajstić information content (AvgIpc) is 3.28.